The molecule has 8 heteroatoms. The Labute approximate surface area is 188 Å². The molecular weight excluding hydrogens is 406 g/mol. The molecule has 0 aliphatic carbocycles. The van der Waals surface area contributed by atoms with Crippen molar-refractivity contribution in [3.63, 3.8) is 0 Å². The zero-order chi connectivity index (χ0) is 22.7. The predicted octanol–water partition coefficient (Wildman–Crippen LogP) is 1.18. The van der Waals surface area contributed by atoms with E-state index in [9.17, 15) is 14.7 Å². The second-order valence-electron chi connectivity index (χ2n) is 8.77. The van der Waals surface area contributed by atoms with Crippen LogP contribution in [0.5, 0.6) is 0 Å². The molecule has 2 aromatic rings. The van der Waals surface area contributed by atoms with E-state index in [1.165, 1.54) is 11.1 Å². The van der Waals surface area contributed by atoms with Gasteiger partial charge in [0.05, 0.1) is 12.1 Å². The summed E-state index contributed by atoms with van der Waals surface area (Å²) in [7, 11) is 0. The number of hydrogen-bond donors (Lipinski definition) is 3. The molecule has 2 aliphatic heterocycles. The molecule has 1 atom stereocenters. The first-order chi connectivity index (χ1) is 15.4. The van der Waals surface area contributed by atoms with Gasteiger partial charge in [-0.2, -0.15) is 0 Å². The maximum absolute atomic E-state index is 12.7. The highest BCUT2D eigenvalue weighted by atomic mass is 16.3. The Bertz CT molecular complexity index is 989. The highest BCUT2D eigenvalue weighted by Gasteiger charge is 2.28. The van der Waals surface area contributed by atoms with Crippen LogP contribution in [0, 0.1) is 6.92 Å². The Balaban J connectivity index is 1.27. The number of anilines is 1. The summed E-state index contributed by atoms with van der Waals surface area (Å²) >= 11 is 0. The van der Waals surface area contributed by atoms with Crippen LogP contribution in [0.15, 0.2) is 36.5 Å². The number of carbonyl (C=O) groups excluding carboxylic acids is 2. The van der Waals surface area contributed by atoms with Gasteiger partial charge >= 0.3 is 0 Å². The van der Waals surface area contributed by atoms with Crippen LogP contribution >= 0.6 is 0 Å². The highest BCUT2D eigenvalue weighted by Crippen LogP contribution is 2.19. The van der Waals surface area contributed by atoms with Crippen molar-refractivity contribution in [1.29, 1.82) is 0 Å². The maximum Gasteiger partial charge on any atom is 0.251 e. The average molecular weight is 438 g/mol. The molecule has 0 spiro atoms. The monoisotopic (exact) mass is 437 g/mol. The van der Waals surface area contributed by atoms with Crippen LogP contribution in [0.25, 0.3) is 0 Å². The number of amides is 2. The normalized spacial score (nSPS) is 17.3. The van der Waals surface area contributed by atoms with Crippen LogP contribution in [-0.4, -0.2) is 76.6 Å². The highest BCUT2D eigenvalue weighted by molar-refractivity contribution is 5.96. The number of aromatic nitrogens is 1. The minimum absolute atomic E-state index is 0.0623. The quantitative estimate of drug-likeness (QED) is 0.602. The third kappa shape index (κ3) is 5.26. The molecule has 1 fully saturated rings. The van der Waals surface area contributed by atoms with Crippen molar-refractivity contribution >= 4 is 17.6 Å². The first-order valence-electron chi connectivity index (χ1n) is 11.1. The molecule has 1 unspecified atom stereocenters. The number of benzene rings is 1. The van der Waals surface area contributed by atoms with E-state index in [1.807, 2.05) is 13.0 Å². The third-order valence-electron chi connectivity index (χ3n) is 6.20. The number of pyridine rings is 1. The maximum atomic E-state index is 12.7. The minimum atomic E-state index is -0.642. The van der Waals surface area contributed by atoms with E-state index in [1.54, 1.807) is 24.1 Å². The van der Waals surface area contributed by atoms with Crippen LogP contribution < -0.4 is 10.6 Å². The molecule has 3 N–H and O–H groups in total. The van der Waals surface area contributed by atoms with Crippen molar-refractivity contribution in [3.05, 3.63) is 58.8 Å². The van der Waals surface area contributed by atoms with Gasteiger partial charge in [-0.05, 0) is 36.1 Å². The Morgan fingerprint density at radius 3 is 2.75 bits per heavy atom. The lowest BCUT2D eigenvalue weighted by molar-refractivity contribution is -0.132. The van der Waals surface area contributed by atoms with Crippen molar-refractivity contribution in [2.75, 3.05) is 38.0 Å². The summed E-state index contributed by atoms with van der Waals surface area (Å²) in [6.07, 6.45) is 2.00. The smallest absolute Gasteiger partial charge is 0.251 e. The van der Waals surface area contributed by atoms with Gasteiger partial charge in [0.1, 0.15) is 5.82 Å². The number of fused-ring (bicyclic) bond motifs is 1. The van der Waals surface area contributed by atoms with E-state index in [2.05, 4.69) is 38.7 Å². The Hall–Kier alpha value is -2.97. The van der Waals surface area contributed by atoms with E-state index in [0.717, 1.165) is 25.1 Å². The van der Waals surface area contributed by atoms with Gasteiger partial charge in [-0.3, -0.25) is 14.5 Å². The first-order valence-corrected chi connectivity index (χ1v) is 11.1. The topological polar surface area (TPSA) is 97.8 Å². The number of aliphatic hydroxyl groups excluding tert-OH is 1. The van der Waals surface area contributed by atoms with Gasteiger partial charge in [0.15, 0.2) is 0 Å². The lowest BCUT2D eigenvalue weighted by Crippen LogP contribution is -2.56. The molecule has 2 aliphatic rings. The van der Waals surface area contributed by atoms with E-state index in [-0.39, 0.29) is 24.4 Å². The van der Waals surface area contributed by atoms with Crippen molar-refractivity contribution < 1.29 is 14.7 Å². The molecule has 0 saturated carbocycles. The Morgan fingerprint density at radius 2 is 2.00 bits per heavy atom. The summed E-state index contributed by atoms with van der Waals surface area (Å²) in [4.78, 5) is 32.4. The van der Waals surface area contributed by atoms with Gasteiger partial charge in [0.2, 0.25) is 5.91 Å². The van der Waals surface area contributed by atoms with Gasteiger partial charge in [-0.15, -0.1) is 0 Å². The summed E-state index contributed by atoms with van der Waals surface area (Å²) in [6.45, 7) is 7.11. The second-order valence-corrected chi connectivity index (χ2v) is 8.77. The minimum Gasteiger partial charge on any atom is -0.390 e. The summed E-state index contributed by atoms with van der Waals surface area (Å²) in [5.41, 5.74) is 3.99. The zero-order valence-electron chi connectivity index (χ0n) is 18.7. The van der Waals surface area contributed by atoms with Gasteiger partial charge in [0.25, 0.3) is 5.91 Å². The standard InChI is InChI=1S/C24H31N5O3/c1-16-10-25-23(27-20-13-29(14-20)17(2)30)9-22(16)24(32)26-11-21(31)15-28-8-7-18-5-3-4-6-19(18)12-28/h3-6,9-10,20-21,31H,7-8,11-15H2,1-2H3,(H,25,27)(H,26,32). The van der Waals surface area contributed by atoms with Crippen LogP contribution in [0.2, 0.25) is 0 Å². The summed E-state index contributed by atoms with van der Waals surface area (Å²) < 4.78 is 0. The van der Waals surface area contributed by atoms with Crippen molar-refractivity contribution in [1.82, 2.24) is 20.1 Å². The average Bonchev–Trinajstić information content (AvgIpc) is 2.75. The second kappa shape index (κ2) is 9.67. The fourth-order valence-corrected chi connectivity index (χ4v) is 4.26. The lowest BCUT2D eigenvalue weighted by atomic mass is 10.00. The number of aliphatic hydroxyl groups is 1. The third-order valence-corrected chi connectivity index (χ3v) is 6.20. The van der Waals surface area contributed by atoms with Crippen LogP contribution in [0.3, 0.4) is 0 Å². The number of carbonyl (C=O) groups is 2. The van der Waals surface area contributed by atoms with E-state index in [4.69, 9.17) is 0 Å². The van der Waals surface area contributed by atoms with E-state index < -0.39 is 6.10 Å². The number of nitrogens with zero attached hydrogens (tertiary/aromatic N) is 3. The van der Waals surface area contributed by atoms with Crippen LogP contribution in [-0.2, 0) is 17.8 Å². The number of likely N-dealkylation sites (tertiary alicyclic amines) is 1. The van der Waals surface area contributed by atoms with Crippen LogP contribution in [0.4, 0.5) is 5.82 Å². The molecule has 0 bridgehead atoms. The molecule has 0 radical (unpaired) electrons. The largest absolute Gasteiger partial charge is 0.390 e. The summed E-state index contributed by atoms with van der Waals surface area (Å²) in [5.74, 6) is 0.448. The molecule has 8 nitrogen and oxygen atoms in total. The van der Waals surface area contributed by atoms with Gasteiger partial charge < -0.3 is 20.6 Å². The lowest BCUT2D eigenvalue weighted by Gasteiger charge is -2.39. The molecule has 1 aromatic heterocycles. The number of aryl methyl sites for hydroxylation is 1. The fraction of sp³-hybridized carbons (Fsp3) is 0.458. The molecule has 4 rings (SSSR count). The summed E-state index contributed by atoms with van der Waals surface area (Å²) in [5, 5.41) is 16.6. The fourth-order valence-electron chi connectivity index (χ4n) is 4.26. The molecule has 170 valence electrons. The Kier molecular flexibility index (Phi) is 6.72. The van der Waals surface area contributed by atoms with Gasteiger partial charge in [0, 0.05) is 58.0 Å². The number of rotatable bonds is 7. The zero-order valence-corrected chi connectivity index (χ0v) is 18.7. The predicted molar refractivity (Wildman–Crippen MR) is 122 cm³/mol. The number of β-amino-alcohol motifs (C(OH)–C–C–N with tert-alkyl or cyclic N) is 1. The number of hydrogen-bond acceptors (Lipinski definition) is 6. The number of nitrogens with one attached hydrogen (secondary N) is 2. The van der Waals surface area contributed by atoms with Crippen molar-refractivity contribution in [2.45, 2.75) is 39.0 Å². The van der Waals surface area contributed by atoms with Crippen molar-refractivity contribution in [3.8, 4) is 0 Å². The van der Waals surface area contributed by atoms with E-state index >= 15 is 0 Å². The molecule has 32 heavy (non-hydrogen) atoms. The Morgan fingerprint density at radius 1 is 1.25 bits per heavy atom. The molecular formula is C24H31N5O3. The van der Waals surface area contributed by atoms with Gasteiger partial charge in [-0.25, -0.2) is 4.98 Å². The van der Waals surface area contributed by atoms with E-state index in [0.29, 0.717) is 31.0 Å². The molecule has 1 saturated heterocycles. The first kappa shape index (κ1) is 22.2. The van der Waals surface area contributed by atoms with Crippen LogP contribution in [0.1, 0.15) is 34.0 Å². The molecule has 1 aromatic carbocycles. The molecule has 2 amide bonds. The van der Waals surface area contributed by atoms with Gasteiger partial charge in [-0.1, -0.05) is 24.3 Å². The summed E-state index contributed by atoms with van der Waals surface area (Å²) in [6, 6.07) is 10.3. The molecule has 3 heterocycles. The van der Waals surface area contributed by atoms with Crippen molar-refractivity contribution in [2.24, 2.45) is 0 Å². The SMILES string of the molecule is CC(=O)N1CC(Nc2cc(C(=O)NCC(O)CN3CCc4ccccc4C3)c(C)cn2)C1.